The van der Waals surface area contributed by atoms with Gasteiger partial charge in [0, 0.05) is 37.3 Å². The first-order chi connectivity index (χ1) is 12.1. The topological polar surface area (TPSA) is 60.9 Å². The number of hydrogen-bond donors (Lipinski definition) is 1. The van der Waals surface area contributed by atoms with Gasteiger partial charge in [0.25, 0.3) is 0 Å². The molecular weight excluding hydrogens is 316 g/mol. The lowest BCUT2D eigenvalue weighted by molar-refractivity contribution is -0.132. The smallest absolute Gasteiger partial charge is 0.227 e. The fourth-order valence-corrected chi connectivity index (χ4v) is 3.01. The van der Waals surface area contributed by atoms with Gasteiger partial charge in [-0.3, -0.25) is 14.5 Å². The summed E-state index contributed by atoms with van der Waals surface area (Å²) in [6.07, 6.45) is 0.204. The molecule has 0 unspecified atom stereocenters. The average molecular weight is 338 g/mol. The minimum atomic E-state index is 0.00976. The number of benzene rings is 2. The molecule has 2 aromatic rings. The third-order valence-electron chi connectivity index (χ3n) is 4.52. The molecule has 1 heterocycles. The molecule has 1 N–H and O–H groups in total. The molecule has 0 spiro atoms. The number of carbonyl (C=O) groups is 2. The van der Waals surface area contributed by atoms with E-state index in [9.17, 15) is 14.7 Å². The van der Waals surface area contributed by atoms with Crippen LogP contribution in [0.5, 0.6) is 5.75 Å². The third kappa shape index (κ3) is 4.45. The van der Waals surface area contributed by atoms with Gasteiger partial charge >= 0.3 is 0 Å². The predicted octanol–water partition coefficient (Wildman–Crippen LogP) is 1.96. The lowest BCUT2D eigenvalue weighted by Gasteiger charge is -2.34. The van der Waals surface area contributed by atoms with Crippen LogP contribution in [0.4, 0.5) is 0 Å². The van der Waals surface area contributed by atoms with Gasteiger partial charge in [0.2, 0.25) is 5.91 Å². The van der Waals surface area contributed by atoms with E-state index in [0.717, 1.165) is 5.56 Å². The molecule has 1 aliphatic heterocycles. The van der Waals surface area contributed by atoms with Crippen molar-refractivity contribution in [3.05, 3.63) is 65.7 Å². The van der Waals surface area contributed by atoms with E-state index in [4.69, 9.17) is 0 Å². The summed E-state index contributed by atoms with van der Waals surface area (Å²) < 4.78 is 0. The Kier molecular flexibility index (Phi) is 5.46. The normalized spacial score (nSPS) is 15.1. The molecule has 2 aromatic carbocycles. The van der Waals surface area contributed by atoms with Crippen molar-refractivity contribution in [2.75, 3.05) is 32.7 Å². The molecule has 0 saturated carbocycles. The lowest BCUT2D eigenvalue weighted by atomic mass is 10.1. The van der Waals surface area contributed by atoms with Gasteiger partial charge in [0.05, 0.1) is 13.0 Å². The zero-order valence-electron chi connectivity index (χ0n) is 14.1. The predicted molar refractivity (Wildman–Crippen MR) is 95.6 cm³/mol. The minimum absolute atomic E-state index is 0.00976. The highest BCUT2D eigenvalue weighted by molar-refractivity contribution is 5.97. The number of aromatic hydroxyl groups is 1. The summed E-state index contributed by atoms with van der Waals surface area (Å²) in [6, 6.07) is 16.2. The Morgan fingerprint density at radius 2 is 1.52 bits per heavy atom. The Balaban J connectivity index is 1.49. The van der Waals surface area contributed by atoms with Crippen molar-refractivity contribution < 1.29 is 14.7 Å². The Morgan fingerprint density at radius 3 is 2.20 bits per heavy atom. The maximum absolute atomic E-state index is 12.4. The summed E-state index contributed by atoms with van der Waals surface area (Å²) in [5, 5.41) is 9.79. The Bertz CT molecular complexity index is 738. The largest absolute Gasteiger partial charge is 0.508 e. The van der Waals surface area contributed by atoms with Crippen LogP contribution >= 0.6 is 0 Å². The van der Waals surface area contributed by atoms with Crippen LogP contribution in [0.3, 0.4) is 0 Å². The van der Waals surface area contributed by atoms with Gasteiger partial charge in [0.1, 0.15) is 5.75 Å². The summed E-state index contributed by atoms with van der Waals surface area (Å²) in [6.45, 7) is 2.96. The van der Waals surface area contributed by atoms with E-state index in [1.165, 1.54) is 0 Å². The van der Waals surface area contributed by atoms with E-state index in [-0.39, 0.29) is 23.9 Å². The maximum Gasteiger partial charge on any atom is 0.227 e. The molecule has 0 bridgehead atoms. The minimum Gasteiger partial charge on any atom is -0.508 e. The fourth-order valence-electron chi connectivity index (χ4n) is 3.01. The van der Waals surface area contributed by atoms with Crippen LogP contribution < -0.4 is 0 Å². The summed E-state index contributed by atoms with van der Waals surface area (Å²) >= 11 is 0. The van der Waals surface area contributed by atoms with Crippen LogP contribution in [-0.4, -0.2) is 59.3 Å². The number of nitrogens with zero attached hydrogens (tertiary/aromatic N) is 2. The van der Waals surface area contributed by atoms with Gasteiger partial charge in [-0.15, -0.1) is 0 Å². The molecule has 5 heteroatoms. The summed E-state index contributed by atoms with van der Waals surface area (Å²) in [7, 11) is 0. The first kappa shape index (κ1) is 17.2. The van der Waals surface area contributed by atoms with Crippen molar-refractivity contribution in [3.8, 4) is 5.75 Å². The van der Waals surface area contributed by atoms with Crippen LogP contribution in [0, 0.1) is 0 Å². The molecule has 0 aromatic heterocycles. The summed E-state index contributed by atoms with van der Waals surface area (Å²) in [4.78, 5) is 28.5. The fraction of sp³-hybridized carbons (Fsp3) is 0.300. The molecule has 25 heavy (non-hydrogen) atoms. The second-order valence-electron chi connectivity index (χ2n) is 6.25. The van der Waals surface area contributed by atoms with Crippen molar-refractivity contribution in [1.29, 1.82) is 0 Å². The van der Waals surface area contributed by atoms with Crippen LogP contribution in [0.25, 0.3) is 0 Å². The zero-order valence-corrected chi connectivity index (χ0v) is 14.1. The second-order valence-corrected chi connectivity index (χ2v) is 6.25. The number of para-hydroxylation sites is 1. The molecule has 0 radical (unpaired) electrons. The molecular formula is C20H22N2O3. The third-order valence-corrected chi connectivity index (χ3v) is 4.52. The van der Waals surface area contributed by atoms with E-state index in [1.807, 2.05) is 36.4 Å². The molecule has 1 fully saturated rings. The zero-order chi connectivity index (χ0) is 17.6. The summed E-state index contributed by atoms with van der Waals surface area (Å²) in [5.41, 5.74) is 1.37. The Labute approximate surface area is 147 Å². The van der Waals surface area contributed by atoms with Gasteiger partial charge < -0.3 is 10.0 Å². The van der Waals surface area contributed by atoms with Crippen molar-refractivity contribution >= 4 is 11.7 Å². The highest BCUT2D eigenvalue weighted by Gasteiger charge is 2.23. The van der Waals surface area contributed by atoms with Crippen LogP contribution in [-0.2, 0) is 11.2 Å². The van der Waals surface area contributed by atoms with Gasteiger partial charge in [-0.25, -0.2) is 0 Å². The summed E-state index contributed by atoms with van der Waals surface area (Å²) in [5.74, 6) is 0.271. The number of carbonyl (C=O) groups excluding carboxylic acids is 2. The van der Waals surface area contributed by atoms with Gasteiger partial charge in [-0.2, -0.15) is 0 Å². The molecule has 0 aliphatic carbocycles. The second kappa shape index (κ2) is 7.94. The van der Waals surface area contributed by atoms with Gasteiger partial charge in [0.15, 0.2) is 5.78 Å². The molecule has 130 valence electrons. The number of amides is 1. The molecule has 1 saturated heterocycles. The van der Waals surface area contributed by atoms with Crippen molar-refractivity contribution in [2.24, 2.45) is 0 Å². The van der Waals surface area contributed by atoms with E-state index in [2.05, 4.69) is 4.90 Å². The van der Waals surface area contributed by atoms with Crippen molar-refractivity contribution in [1.82, 2.24) is 9.80 Å². The number of ketones is 1. The maximum atomic E-state index is 12.4. The van der Waals surface area contributed by atoms with Crippen molar-refractivity contribution in [3.63, 3.8) is 0 Å². The van der Waals surface area contributed by atoms with Crippen LogP contribution in [0.2, 0.25) is 0 Å². The average Bonchev–Trinajstić information content (AvgIpc) is 2.65. The van der Waals surface area contributed by atoms with Crippen LogP contribution in [0.15, 0.2) is 54.6 Å². The Morgan fingerprint density at radius 1 is 0.880 bits per heavy atom. The quantitative estimate of drug-likeness (QED) is 0.847. The number of piperazine rings is 1. The SMILES string of the molecule is O=C(CN1CCN(C(=O)Cc2ccccc2O)CC1)c1ccccc1. The highest BCUT2D eigenvalue weighted by Crippen LogP contribution is 2.17. The number of rotatable bonds is 5. The van der Waals surface area contributed by atoms with Gasteiger partial charge in [-0.05, 0) is 6.07 Å². The lowest BCUT2D eigenvalue weighted by Crippen LogP contribution is -2.50. The first-order valence-electron chi connectivity index (χ1n) is 8.49. The first-order valence-corrected chi connectivity index (χ1v) is 8.49. The molecule has 5 nitrogen and oxygen atoms in total. The van der Waals surface area contributed by atoms with Crippen LogP contribution in [0.1, 0.15) is 15.9 Å². The number of hydrogen-bond acceptors (Lipinski definition) is 4. The highest BCUT2D eigenvalue weighted by atomic mass is 16.3. The monoisotopic (exact) mass is 338 g/mol. The number of phenolic OH excluding ortho intramolecular Hbond substituents is 1. The standard InChI is InChI=1S/C20H22N2O3/c23-18-9-5-4-8-17(18)14-20(25)22-12-10-21(11-13-22)15-19(24)16-6-2-1-3-7-16/h1-9,23H,10-15H2. The number of phenols is 1. The molecule has 0 atom stereocenters. The Hall–Kier alpha value is -2.66. The van der Waals surface area contributed by atoms with E-state index >= 15 is 0 Å². The van der Waals surface area contributed by atoms with E-state index < -0.39 is 0 Å². The molecule has 3 rings (SSSR count). The van der Waals surface area contributed by atoms with E-state index in [0.29, 0.717) is 38.3 Å². The van der Waals surface area contributed by atoms with Crippen molar-refractivity contribution in [2.45, 2.75) is 6.42 Å². The van der Waals surface area contributed by atoms with Gasteiger partial charge in [-0.1, -0.05) is 48.5 Å². The molecule has 1 amide bonds. The van der Waals surface area contributed by atoms with E-state index in [1.54, 1.807) is 23.1 Å². The molecule has 1 aliphatic rings. The number of Topliss-reactive ketones (excluding diaryl/α,β-unsaturated/α-hetero) is 1.